The maximum Gasteiger partial charge on any atom is 0.244 e. The smallest absolute Gasteiger partial charge is 0.244 e. The van der Waals surface area contributed by atoms with E-state index in [0.717, 1.165) is 5.56 Å². The predicted octanol–water partition coefficient (Wildman–Crippen LogP) is 3.75. The van der Waals surface area contributed by atoms with Crippen LogP contribution in [0.25, 0.3) is 11.5 Å². The molecule has 1 amide bonds. The SMILES string of the molecule is CSCCC(NS(=O)(=O)c1ccc(C)cc1)C(=O)Nc1nc(-c2ccco2)cs1. The standard InChI is InChI=1S/C19H21N3O4S3/c1-13-5-7-14(8-6-13)29(24,25)22-15(9-11-27-2)18(23)21-19-20-16(12-28-19)17-4-3-10-26-17/h3-8,10,12,15,22H,9,11H2,1-2H3,(H,20,21,23). The van der Waals surface area contributed by atoms with Gasteiger partial charge in [0.15, 0.2) is 10.9 Å². The third kappa shape index (κ3) is 5.69. The summed E-state index contributed by atoms with van der Waals surface area (Å²) in [6, 6.07) is 9.11. The lowest BCUT2D eigenvalue weighted by atomic mass is 10.2. The predicted molar refractivity (Wildman–Crippen MR) is 117 cm³/mol. The Morgan fingerprint density at radius 3 is 2.69 bits per heavy atom. The summed E-state index contributed by atoms with van der Waals surface area (Å²) < 4.78 is 33.2. The first-order valence-electron chi connectivity index (χ1n) is 8.77. The number of carbonyl (C=O) groups excluding carboxylic acids is 1. The minimum absolute atomic E-state index is 0.124. The number of thioether (sulfide) groups is 1. The molecule has 2 heterocycles. The fourth-order valence-electron chi connectivity index (χ4n) is 2.51. The molecule has 0 fully saturated rings. The number of carbonyl (C=O) groups is 1. The number of hydrogen-bond acceptors (Lipinski definition) is 7. The first kappa shape index (κ1) is 21.6. The lowest BCUT2D eigenvalue weighted by molar-refractivity contribution is -0.117. The molecule has 3 rings (SSSR count). The number of thiazole rings is 1. The molecule has 3 aromatic rings. The minimum atomic E-state index is -3.83. The number of rotatable bonds is 9. The summed E-state index contributed by atoms with van der Waals surface area (Å²) in [6.45, 7) is 1.88. The second-order valence-electron chi connectivity index (χ2n) is 6.27. The number of benzene rings is 1. The van der Waals surface area contributed by atoms with Gasteiger partial charge in [-0.15, -0.1) is 11.3 Å². The van der Waals surface area contributed by atoms with Crippen molar-refractivity contribution in [2.45, 2.75) is 24.3 Å². The van der Waals surface area contributed by atoms with Gasteiger partial charge in [0.25, 0.3) is 0 Å². The van der Waals surface area contributed by atoms with Crippen molar-refractivity contribution in [1.29, 1.82) is 0 Å². The van der Waals surface area contributed by atoms with Crippen LogP contribution >= 0.6 is 23.1 Å². The molecule has 1 aromatic carbocycles. The summed E-state index contributed by atoms with van der Waals surface area (Å²) in [5.74, 6) is 0.778. The number of hydrogen-bond donors (Lipinski definition) is 2. The number of sulfonamides is 1. The number of nitrogens with zero attached hydrogens (tertiary/aromatic N) is 1. The van der Waals surface area contributed by atoms with E-state index in [2.05, 4.69) is 15.0 Å². The number of amides is 1. The van der Waals surface area contributed by atoms with Gasteiger partial charge in [-0.25, -0.2) is 13.4 Å². The summed E-state index contributed by atoms with van der Waals surface area (Å²) in [6.07, 6.45) is 3.81. The van der Waals surface area contributed by atoms with E-state index in [1.165, 1.54) is 35.2 Å². The van der Waals surface area contributed by atoms with E-state index < -0.39 is 22.0 Å². The summed E-state index contributed by atoms with van der Waals surface area (Å²) in [5, 5.41) is 4.85. The number of anilines is 1. The summed E-state index contributed by atoms with van der Waals surface area (Å²) in [5.41, 5.74) is 1.56. The number of furan rings is 1. The fraction of sp³-hybridized carbons (Fsp3) is 0.263. The van der Waals surface area contributed by atoms with E-state index in [1.807, 2.05) is 13.2 Å². The second kappa shape index (κ2) is 9.57. The Kier molecular flexibility index (Phi) is 7.12. The van der Waals surface area contributed by atoms with Crippen LogP contribution in [0.15, 0.2) is 57.4 Å². The van der Waals surface area contributed by atoms with E-state index >= 15 is 0 Å². The molecule has 1 unspecified atom stereocenters. The Labute approximate surface area is 178 Å². The lowest BCUT2D eigenvalue weighted by Crippen LogP contribution is -2.44. The molecule has 0 aliphatic heterocycles. The zero-order chi connectivity index (χ0) is 20.9. The normalized spacial score (nSPS) is 12.6. The zero-order valence-electron chi connectivity index (χ0n) is 15.9. The van der Waals surface area contributed by atoms with Gasteiger partial charge in [-0.05, 0) is 49.6 Å². The van der Waals surface area contributed by atoms with Gasteiger partial charge in [-0.2, -0.15) is 16.5 Å². The Hall–Kier alpha value is -2.14. The molecule has 2 N–H and O–H groups in total. The molecule has 154 valence electrons. The van der Waals surface area contributed by atoms with Crippen molar-refractivity contribution in [1.82, 2.24) is 9.71 Å². The van der Waals surface area contributed by atoms with Crippen LogP contribution in [0, 0.1) is 6.92 Å². The molecule has 0 saturated heterocycles. The van der Waals surface area contributed by atoms with Crippen molar-refractivity contribution in [3.05, 3.63) is 53.6 Å². The Bertz CT molecular complexity index is 1040. The lowest BCUT2D eigenvalue weighted by Gasteiger charge is -2.17. The first-order valence-corrected chi connectivity index (χ1v) is 12.5. The highest BCUT2D eigenvalue weighted by atomic mass is 32.2. The molecule has 10 heteroatoms. The van der Waals surface area contributed by atoms with Gasteiger partial charge in [0.2, 0.25) is 15.9 Å². The molecule has 2 aromatic heterocycles. The summed E-state index contributed by atoms with van der Waals surface area (Å²) in [4.78, 5) is 17.2. The van der Waals surface area contributed by atoms with Crippen LogP contribution in [0.5, 0.6) is 0 Å². The topological polar surface area (TPSA) is 101 Å². The van der Waals surface area contributed by atoms with Crippen molar-refractivity contribution in [2.24, 2.45) is 0 Å². The molecule has 29 heavy (non-hydrogen) atoms. The molecule has 0 aliphatic rings. The number of aromatic nitrogens is 1. The number of nitrogens with one attached hydrogen (secondary N) is 2. The largest absolute Gasteiger partial charge is 0.463 e. The Balaban J connectivity index is 1.73. The van der Waals surface area contributed by atoms with Crippen molar-refractivity contribution < 1.29 is 17.6 Å². The third-order valence-corrected chi connectivity index (χ3v) is 6.95. The third-order valence-electron chi connectivity index (χ3n) is 4.06. The van der Waals surface area contributed by atoms with Gasteiger partial charge in [0, 0.05) is 5.38 Å². The van der Waals surface area contributed by atoms with E-state index in [-0.39, 0.29) is 4.90 Å². The molecule has 0 spiro atoms. The maximum absolute atomic E-state index is 12.8. The maximum atomic E-state index is 12.8. The molecular formula is C19H21N3O4S3. The highest BCUT2D eigenvalue weighted by molar-refractivity contribution is 7.98. The quantitative estimate of drug-likeness (QED) is 0.514. The monoisotopic (exact) mass is 451 g/mol. The van der Waals surface area contributed by atoms with E-state index in [9.17, 15) is 13.2 Å². The molecular weight excluding hydrogens is 430 g/mol. The van der Waals surface area contributed by atoms with Crippen molar-refractivity contribution in [2.75, 3.05) is 17.3 Å². The summed E-state index contributed by atoms with van der Waals surface area (Å²) in [7, 11) is -3.83. The molecule has 0 aliphatic carbocycles. The van der Waals surface area contributed by atoms with Gasteiger partial charge >= 0.3 is 0 Å². The fourth-order valence-corrected chi connectivity index (χ4v) is 4.92. The molecule has 1 atom stereocenters. The van der Waals surface area contributed by atoms with Crippen LogP contribution < -0.4 is 10.0 Å². The highest BCUT2D eigenvalue weighted by Gasteiger charge is 2.26. The van der Waals surface area contributed by atoms with Crippen molar-refractivity contribution >= 4 is 44.2 Å². The zero-order valence-corrected chi connectivity index (χ0v) is 18.4. The Morgan fingerprint density at radius 1 is 1.28 bits per heavy atom. The average molecular weight is 452 g/mol. The molecule has 7 nitrogen and oxygen atoms in total. The van der Waals surface area contributed by atoms with E-state index in [0.29, 0.717) is 28.8 Å². The van der Waals surface area contributed by atoms with E-state index in [1.54, 1.807) is 35.9 Å². The van der Waals surface area contributed by atoms with Gasteiger partial charge in [0.1, 0.15) is 11.7 Å². The highest BCUT2D eigenvalue weighted by Crippen LogP contribution is 2.25. The first-order chi connectivity index (χ1) is 13.9. The van der Waals surface area contributed by atoms with Crippen LogP contribution in [-0.2, 0) is 14.8 Å². The van der Waals surface area contributed by atoms with Gasteiger partial charge in [-0.3, -0.25) is 4.79 Å². The second-order valence-corrected chi connectivity index (χ2v) is 9.83. The molecule has 0 saturated carbocycles. The minimum Gasteiger partial charge on any atom is -0.463 e. The molecule has 0 radical (unpaired) electrons. The van der Waals surface area contributed by atoms with Crippen molar-refractivity contribution in [3.63, 3.8) is 0 Å². The summed E-state index contributed by atoms with van der Waals surface area (Å²) >= 11 is 2.79. The number of aryl methyl sites for hydroxylation is 1. The van der Waals surface area contributed by atoms with E-state index in [4.69, 9.17) is 4.42 Å². The van der Waals surface area contributed by atoms with Gasteiger partial charge < -0.3 is 9.73 Å². The van der Waals surface area contributed by atoms with Crippen LogP contribution in [0.2, 0.25) is 0 Å². The van der Waals surface area contributed by atoms with Crippen LogP contribution in [0.3, 0.4) is 0 Å². The van der Waals surface area contributed by atoms with Gasteiger partial charge in [0.05, 0.1) is 11.2 Å². The average Bonchev–Trinajstić information content (AvgIpc) is 3.37. The van der Waals surface area contributed by atoms with Crippen LogP contribution in [-0.4, -0.2) is 37.4 Å². The Morgan fingerprint density at radius 2 is 2.03 bits per heavy atom. The van der Waals surface area contributed by atoms with Gasteiger partial charge in [-0.1, -0.05) is 17.7 Å². The molecule has 0 bridgehead atoms. The van der Waals surface area contributed by atoms with Crippen LogP contribution in [0.1, 0.15) is 12.0 Å². The van der Waals surface area contributed by atoms with Crippen molar-refractivity contribution in [3.8, 4) is 11.5 Å². The van der Waals surface area contributed by atoms with Crippen LogP contribution in [0.4, 0.5) is 5.13 Å².